The fourth-order valence-electron chi connectivity index (χ4n) is 1.62. The lowest BCUT2D eigenvalue weighted by Crippen LogP contribution is -2.39. The van der Waals surface area contributed by atoms with E-state index in [2.05, 4.69) is 4.74 Å². The summed E-state index contributed by atoms with van der Waals surface area (Å²) in [5.74, 6) is -0.354. The average Bonchev–Trinajstić information content (AvgIpc) is 2.09. The van der Waals surface area contributed by atoms with Gasteiger partial charge in [-0.25, -0.2) is 0 Å². The molecule has 0 aliphatic heterocycles. The third kappa shape index (κ3) is 1.36. The van der Waals surface area contributed by atoms with E-state index >= 15 is 0 Å². The number of Topliss-reactive ketones (excluding diaryl/α,β-unsaturated/α-hetero) is 1. The summed E-state index contributed by atoms with van der Waals surface area (Å²) in [5.41, 5.74) is -0.854. The van der Waals surface area contributed by atoms with Crippen molar-refractivity contribution in [1.29, 1.82) is 0 Å². The first kappa shape index (κ1) is 9.23. The molecule has 0 spiro atoms. The van der Waals surface area contributed by atoms with Gasteiger partial charge in [-0.3, -0.25) is 9.59 Å². The molecule has 0 N–H and O–H groups in total. The minimum atomic E-state index is -0.854. The number of carbonyl (C=O) groups excluding carboxylic acids is 2. The van der Waals surface area contributed by atoms with E-state index in [1.807, 2.05) is 0 Å². The van der Waals surface area contributed by atoms with Crippen molar-refractivity contribution in [3.63, 3.8) is 0 Å². The highest BCUT2D eigenvalue weighted by Crippen LogP contribution is 2.33. The van der Waals surface area contributed by atoms with E-state index in [9.17, 15) is 9.59 Å². The molecule has 0 heterocycles. The van der Waals surface area contributed by atoms with E-state index in [-0.39, 0.29) is 11.8 Å². The van der Waals surface area contributed by atoms with E-state index in [0.717, 1.165) is 12.8 Å². The van der Waals surface area contributed by atoms with Gasteiger partial charge < -0.3 is 4.74 Å². The molecule has 1 aliphatic rings. The average molecular weight is 170 g/mol. The number of hydrogen-bond acceptors (Lipinski definition) is 3. The Morgan fingerprint density at radius 3 is 2.67 bits per heavy atom. The molecule has 12 heavy (non-hydrogen) atoms. The first-order valence-corrected chi connectivity index (χ1v) is 4.23. The number of carbonyl (C=O) groups is 2. The van der Waals surface area contributed by atoms with Gasteiger partial charge in [0.1, 0.15) is 11.2 Å². The predicted octanol–water partition coefficient (Wildman–Crippen LogP) is 1.31. The van der Waals surface area contributed by atoms with Crippen LogP contribution in [0.5, 0.6) is 0 Å². The van der Waals surface area contributed by atoms with E-state index in [4.69, 9.17) is 0 Å². The zero-order chi connectivity index (χ0) is 9.19. The summed E-state index contributed by atoms with van der Waals surface area (Å²) >= 11 is 0. The number of hydrogen-bond donors (Lipinski definition) is 0. The largest absolute Gasteiger partial charge is 0.468 e. The van der Waals surface area contributed by atoms with Gasteiger partial charge in [-0.15, -0.1) is 0 Å². The quantitative estimate of drug-likeness (QED) is 0.440. The highest BCUT2D eigenvalue weighted by Gasteiger charge is 2.42. The maximum Gasteiger partial charge on any atom is 0.319 e. The summed E-state index contributed by atoms with van der Waals surface area (Å²) in [6.45, 7) is 1.68. The maximum atomic E-state index is 11.4. The van der Waals surface area contributed by atoms with Crippen LogP contribution in [0.4, 0.5) is 0 Å². The monoisotopic (exact) mass is 170 g/mol. The van der Waals surface area contributed by atoms with E-state index < -0.39 is 5.41 Å². The van der Waals surface area contributed by atoms with Crippen molar-refractivity contribution in [2.45, 2.75) is 32.6 Å². The SMILES string of the molecule is COC(=O)[C@@]1(C)CCCCC1=O. The van der Waals surface area contributed by atoms with Crippen LogP contribution in [0.15, 0.2) is 0 Å². The van der Waals surface area contributed by atoms with Crippen LogP contribution in [0.25, 0.3) is 0 Å². The van der Waals surface area contributed by atoms with Gasteiger partial charge in [-0.1, -0.05) is 6.42 Å². The molecule has 3 nitrogen and oxygen atoms in total. The van der Waals surface area contributed by atoms with Crippen LogP contribution in [0, 0.1) is 5.41 Å². The van der Waals surface area contributed by atoms with Crippen molar-refractivity contribution in [2.75, 3.05) is 7.11 Å². The van der Waals surface area contributed by atoms with Crippen molar-refractivity contribution in [3.05, 3.63) is 0 Å². The Hall–Kier alpha value is -0.860. The Morgan fingerprint density at radius 2 is 2.17 bits per heavy atom. The first-order valence-electron chi connectivity index (χ1n) is 4.23. The minimum absolute atomic E-state index is 0.0283. The standard InChI is InChI=1S/C9H14O3/c1-9(8(11)12-2)6-4-3-5-7(9)10/h3-6H2,1-2H3/t9-/m0/s1. The van der Waals surface area contributed by atoms with Crippen molar-refractivity contribution < 1.29 is 14.3 Å². The van der Waals surface area contributed by atoms with Crippen molar-refractivity contribution in [1.82, 2.24) is 0 Å². The van der Waals surface area contributed by atoms with Crippen LogP contribution in [0.3, 0.4) is 0 Å². The van der Waals surface area contributed by atoms with Crippen molar-refractivity contribution in [3.8, 4) is 0 Å². The van der Waals surface area contributed by atoms with E-state index in [1.165, 1.54) is 7.11 Å². The smallest absolute Gasteiger partial charge is 0.319 e. The molecule has 1 rings (SSSR count). The summed E-state index contributed by atoms with van der Waals surface area (Å²) in [6.07, 6.45) is 3.01. The second-order valence-electron chi connectivity index (χ2n) is 3.45. The van der Waals surface area contributed by atoms with Crippen LogP contribution in [0.1, 0.15) is 32.6 Å². The van der Waals surface area contributed by atoms with Gasteiger partial charge in [-0.05, 0) is 19.8 Å². The minimum Gasteiger partial charge on any atom is -0.468 e. The lowest BCUT2D eigenvalue weighted by molar-refractivity contribution is -0.158. The Labute approximate surface area is 72.1 Å². The molecule has 0 aromatic rings. The van der Waals surface area contributed by atoms with Gasteiger partial charge in [-0.2, -0.15) is 0 Å². The zero-order valence-electron chi connectivity index (χ0n) is 7.55. The van der Waals surface area contributed by atoms with Crippen LogP contribution in [-0.4, -0.2) is 18.9 Å². The molecule has 0 saturated heterocycles. The lowest BCUT2D eigenvalue weighted by atomic mass is 9.75. The highest BCUT2D eigenvalue weighted by atomic mass is 16.5. The van der Waals surface area contributed by atoms with Gasteiger partial charge in [0.05, 0.1) is 7.11 Å². The second kappa shape index (κ2) is 3.25. The Kier molecular flexibility index (Phi) is 2.50. The summed E-state index contributed by atoms with van der Waals surface area (Å²) in [5, 5.41) is 0. The van der Waals surface area contributed by atoms with Gasteiger partial charge in [0.2, 0.25) is 0 Å². The molecular weight excluding hydrogens is 156 g/mol. The third-order valence-corrected chi connectivity index (χ3v) is 2.58. The molecule has 0 radical (unpaired) electrons. The van der Waals surface area contributed by atoms with Crippen LogP contribution in [0.2, 0.25) is 0 Å². The molecule has 0 aromatic carbocycles. The summed E-state index contributed by atoms with van der Waals surface area (Å²) in [4.78, 5) is 22.7. The third-order valence-electron chi connectivity index (χ3n) is 2.58. The molecular formula is C9H14O3. The number of rotatable bonds is 1. The Balaban J connectivity index is 2.79. The fourth-order valence-corrected chi connectivity index (χ4v) is 1.62. The van der Waals surface area contributed by atoms with Crippen LogP contribution in [-0.2, 0) is 14.3 Å². The molecule has 0 bridgehead atoms. The van der Waals surface area contributed by atoms with Crippen LogP contribution < -0.4 is 0 Å². The Bertz CT molecular complexity index is 200. The molecule has 1 fully saturated rings. The summed E-state index contributed by atoms with van der Waals surface area (Å²) in [7, 11) is 1.33. The number of ketones is 1. The van der Waals surface area contributed by atoms with Gasteiger partial charge in [0.15, 0.2) is 0 Å². The van der Waals surface area contributed by atoms with Crippen molar-refractivity contribution in [2.24, 2.45) is 5.41 Å². The maximum absolute atomic E-state index is 11.4. The summed E-state index contributed by atoms with van der Waals surface area (Å²) in [6, 6.07) is 0. The lowest BCUT2D eigenvalue weighted by Gasteiger charge is -2.28. The number of esters is 1. The Morgan fingerprint density at radius 1 is 1.50 bits per heavy atom. The molecule has 3 heteroatoms. The van der Waals surface area contributed by atoms with Gasteiger partial charge >= 0.3 is 5.97 Å². The predicted molar refractivity (Wildman–Crippen MR) is 43.6 cm³/mol. The van der Waals surface area contributed by atoms with E-state index in [1.54, 1.807) is 6.92 Å². The van der Waals surface area contributed by atoms with Gasteiger partial charge in [0.25, 0.3) is 0 Å². The normalized spacial score (nSPS) is 30.0. The van der Waals surface area contributed by atoms with Gasteiger partial charge in [0, 0.05) is 6.42 Å². The topological polar surface area (TPSA) is 43.4 Å². The highest BCUT2D eigenvalue weighted by molar-refractivity contribution is 6.03. The van der Waals surface area contributed by atoms with Crippen molar-refractivity contribution >= 4 is 11.8 Å². The number of methoxy groups -OCH3 is 1. The molecule has 1 saturated carbocycles. The molecule has 1 aliphatic carbocycles. The summed E-state index contributed by atoms with van der Waals surface area (Å²) < 4.78 is 4.60. The fraction of sp³-hybridized carbons (Fsp3) is 0.778. The second-order valence-corrected chi connectivity index (χ2v) is 3.45. The van der Waals surface area contributed by atoms with Crippen LogP contribution >= 0.6 is 0 Å². The zero-order valence-corrected chi connectivity index (χ0v) is 7.55. The molecule has 0 unspecified atom stereocenters. The number of ether oxygens (including phenoxy) is 1. The molecule has 0 aromatic heterocycles. The molecule has 68 valence electrons. The molecule has 1 atom stereocenters. The first-order chi connectivity index (χ1) is 5.61. The molecule has 0 amide bonds. The van der Waals surface area contributed by atoms with E-state index in [0.29, 0.717) is 12.8 Å².